The van der Waals surface area contributed by atoms with Crippen LogP contribution in [0.15, 0.2) is 24.3 Å². The molecular formula is C10H9Cl2IO3S. The zero-order valence-electron chi connectivity index (χ0n) is 8.78. The van der Waals surface area contributed by atoms with Gasteiger partial charge in [0.15, 0.2) is 9.84 Å². The van der Waals surface area contributed by atoms with Gasteiger partial charge in [0.1, 0.15) is 0 Å². The number of carbonyl (C=O) groups is 1. The molecule has 0 aromatic heterocycles. The molecule has 94 valence electrons. The van der Waals surface area contributed by atoms with Crippen molar-refractivity contribution in [2.45, 2.75) is 9.14 Å². The summed E-state index contributed by atoms with van der Waals surface area (Å²) in [5.74, 6) is -0.850. The Balaban J connectivity index is 3.18. The number of hydrogen-bond acceptors (Lipinski definition) is 3. The predicted octanol–water partition coefficient (Wildman–Crippen LogP) is 3.29. The monoisotopic (exact) mass is 406 g/mol. The van der Waals surface area contributed by atoms with E-state index < -0.39 is 17.8 Å². The van der Waals surface area contributed by atoms with Gasteiger partial charge in [0.2, 0.25) is 5.78 Å². The summed E-state index contributed by atoms with van der Waals surface area (Å²) < 4.78 is 21.5. The van der Waals surface area contributed by atoms with Crippen LogP contribution < -0.4 is 0 Å². The van der Waals surface area contributed by atoms with Crippen LogP contribution in [0.3, 0.4) is 0 Å². The zero-order valence-corrected chi connectivity index (χ0v) is 13.3. The van der Waals surface area contributed by atoms with Crippen molar-refractivity contribution < 1.29 is 13.2 Å². The summed E-state index contributed by atoms with van der Waals surface area (Å²) in [7, 11) is -3.69. The van der Waals surface area contributed by atoms with Gasteiger partial charge < -0.3 is 0 Å². The Morgan fingerprint density at radius 3 is 2.24 bits per heavy atom. The maximum absolute atomic E-state index is 12.0. The van der Waals surface area contributed by atoms with Crippen LogP contribution in [0, 0.1) is 0 Å². The van der Waals surface area contributed by atoms with E-state index in [9.17, 15) is 13.2 Å². The third-order valence-electron chi connectivity index (χ3n) is 2.14. The molecule has 1 aromatic carbocycles. The Bertz CT molecular complexity index is 523. The van der Waals surface area contributed by atoms with Gasteiger partial charge in [-0.05, 0) is 46.9 Å². The smallest absolute Gasteiger partial charge is 0.257 e. The van der Waals surface area contributed by atoms with E-state index in [-0.39, 0.29) is 11.3 Å². The summed E-state index contributed by atoms with van der Waals surface area (Å²) >= 11 is 13.0. The van der Waals surface area contributed by atoms with E-state index in [0.717, 1.165) is 0 Å². The average molecular weight is 407 g/mol. The highest BCUT2D eigenvalue weighted by molar-refractivity contribution is 14.1. The predicted molar refractivity (Wildman–Crippen MR) is 77.8 cm³/mol. The Labute approximate surface area is 124 Å². The van der Waals surface area contributed by atoms with E-state index >= 15 is 0 Å². The Morgan fingerprint density at radius 1 is 1.35 bits per heavy atom. The van der Waals surface area contributed by atoms with Crippen LogP contribution in [-0.4, -0.2) is 22.2 Å². The van der Waals surface area contributed by atoms with Crippen molar-refractivity contribution in [3.8, 4) is 0 Å². The molecule has 1 atom stereocenters. The molecule has 0 spiro atoms. The first-order valence-corrected chi connectivity index (χ1v) is 8.11. The maximum Gasteiger partial charge on any atom is 0.257 e. The van der Waals surface area contributed by atoms with Gasteiger partial charge in [0, 0.05) is 10.6 Å². The molecule has 0 saturated carbocycles. The number of rotatable bonds is 4. The largest absolute Gasteiger partial charge is 0.290 e. The quantitative estimate of drug-likeness (QED) is 0.438. The molecule has 0 aliphatic heterocycles. The molecule has 0 heterocycles. The highest BCUT2D eigenvalue weighted by Gasteiger charge is 2.45. The average Bonchev–Trinajstić information content (AvgIpc) is 2.28. The zero-order chi connectivity index (χ0) is 13.3. The third kappa shape index (κ3) is 3.13. The molecule has 0 amide bonds. The van der Waals surface area contributed by atoms with Crippen LogP contribution in [0.2, 0.25) is 5.02 Å². The lowest BCUT2D eigenvalue weighted by Gasteiger charge is -2.18. The van der Waals surface area contributed by atoms with Gasteiger partial charge in [0.25, 0.3) is 2.21 Å². The van der Waals surface area contributed by atoms with Crippen LogP contribution in [-0.2, 0) is 9.84 Å². The fourth-order valence-electron chi connectivity index (χ4n) is 1.09. The van der Waals surface area contributed by atoms with Crippen molar-refractivity contribution in [3.63, 3.8) is 0 Å². The van der Waals surface area contributed by atoms with E-state index in [1.165, 1.54) is 53.8 Å². The van der Waals surface area contributed by atoms with Crippen molar-refractivity contribution in [2.24, 2.45) is 0 Å². The number of benzene rings is 1. The standard InChI is InChI=1S/C10H9Cl2IO3S/c1-2-17(15,16)10(12,13)9(14)7-3-5-8(11)6-4-7/h3-6H,2H2,1H3. The Morgan fingerprint density at radius 2 is 1.82 bits per heavy atom. The number of alkyl halides is 2. The second-order valence-electron chi connectivity index (χ2n) is 3.26. The summed E-state index contributed by atoms with van der Waals surface area (Å²) in [4.78, 5) is 12.0. The van der Waals surface area contributed by atoms with E-state index in [0.29, 0.717) is 5.02 Å². The molecule has 17 heavy (non-hydrogen) atoms. The molecule has 0 fully saturated rings. The minimum atomic E-state index is -3.69. The molecule has 0 saturated heterocycles. The van der Waals surface area contributed by atoms with Crippen molar-refractivity contribution in [2.75, 3.05) is 5.75 Å². The second kappa shape index (κ2) is 5.42. The number of ketones is 1. The molecule has 3 nitrogen and oxygen atoms in total. The van der Waals surface area contributed by atoms with Crippen LogP contribution in [0.4, 0.5) is 0 Å². The van der Waals surface area contributed by atoms with Crippen LogP contribution in [0.1, 0.15) is 17.3 Å². The number of hydrogen-bond donors (Lipinski definition) is 0. The maximum atomic E-state index is 12.0. The van der Waals surface area contributed by atoms with Gasteiger partial charge >= 0.3 is 0 Å². The second-order valence-corrected chi connectivity index (χ2v) is 9.89. The first kappa shape index (κ1) is 15.2. The van der Waals surface area contributed by atoms with Crippen molar-refractivity contribution in [1.29, 1.82) is 0 Å². The molecule has 1 rings (SSSR count). The first-order chi connectivity index (χ1) is 7.72. The summed E-state index contributed by atoms with van der Waals surface area (Å²) in [6.45, 7) is 1.44. The van der Waals surface area contributed by atoms with E-state index in [2.05, 4.69) is 0 Å². The molecule has 0 aliphatic carbocycles. The van der Waals surface area contributed by atoms with Gasteiger partial charge in [-0.2, -0.15) is 0 Å². The van der Waals surface area contributed by atoms with Crippen LogP contribution in [0.5, 0.6) is 0 Å². The normalized spacial score (nSPS) is 15.3. The Kier molecular flexibility index (Phi) is 4.85. The van der Waals surface area contributed by atoms with Crippen molar-refractivity contribution >= 4 is 61.4 Å². The molecular weight excluding hydrogens is 398 g/mol. The number of halogens is 3. The first-order valence-electron chi connectivity index (χ1n) is 4.63. The number of carbonyl (C=O) groups excluding carboxylic acids is 1. The summed E-state index contributed by atoms with van der Waals surface area (Å²) in [6, 6.07) is 5.92. The molecule has 0 bridgehead atoms. The lowest BCUT2D eigenvalue weighted by molar-refractivity contribution is 0.100. The summed E-state index contributed by atoms with van der Waals surface area (Å²) in [5.41, 5.74) is 0.218. The minimum Gasteiger partial charge on any atom is -0.290 e. The molecule has 7 heteroatoms. The van der Waals surface area contributed by atoms with Gasteiger partial charge in [-0.15, -0.1) is 0 Å². The molecule has 1 unspecified atom stereocenters. The molecule has 0 radical (unpaired) electrons. The molecule has 1 aromatic rings. The highest BCUT2D eigenvalue weighted by Crippen LogP contribution is 2.35. The van der Waals surface area contributed by atoms with E-state index in [1.54, 1.807) is 0 Å². The topological polar surface area (TPSA) is 51.2 Å². The van der Waals surface area contributed by atoms with Gasteiger partial charge in [-0.25, -0.2) is 8.42 Å². The number of Topliss-reactive ketones (excluding diaryl/α,β-unsaturated/α-hetero) is 1. The highest BCUT2D eigenvalue weighted by atomic mass is 127. The minimum absolute atomic E-state index is 0.196. The third-order valence-corrected chi connectivity index (χ3v) is 7.50. The molecule has 0 N–H and O–H groups in total. The van der Waals surface area contributed by atoms with Crippen molar-refractivity contribution in [1.82, 2.24) is 0 Å². The van der Waals surface area contributed by atoms with Crippen LogP contribution >= 0.6 is 45.8 Å². The molecule has 0 aliphatic rings. The Hall–Kier alpha value is 0.150. The van der Waals surface area contributed by atoms with Gasteiger partial charge in [-0.3, -0.25) is 4.79 Å². The summed E-state index contributed by atoms with van der Waals surface area (Å²) in [6.07, 6.45) is 0. The number of sulfone groups is 1. The van der Waals surface area contributed by atoms with Gasteiger partial charge in [-0.1, -0.05) is 30.1 Å². The fourth-order valence-corrected chi connectivity index (χ4v) is 3.66. The fraction of sp³-hybridized carbons (Fsp3) is 0.300. The van der Waals surface area contributed by atoms with Gasteiger partial charge in [0.05, 0.1) is 5.75 Å². The lowest BCUT2D eigenvalue weighted by atomic mass is 10.1. The van der Waals surface area contributed by atoms with Crippen molar-refractivity contribution in [3.05, 3.63) is 34.9 Å². The summed E-state index contributed by atoms with van der Waals surface area (Å²) in [5, 5.41) is 0.466. The SMILES string of the molecule is CCS(=O)(=O)C(Cl)(I)C(=O)c1ccc(Cl)cc1. The van der Waals surface area contributed by atoms with E-state index in [1.807, 2.05) is 0 Å². The lowest BCUT2D eigenvalue weighted by Crippen LogP contribution is -2.36. The van der Waals surface area contributed by atoms with Crippen LogP contribution in [0.25, 0.3) is 0 Å². The van der Waals surface area contributed by atoms with E-state index in [4.69, 9.17) is 23.2 Å².